The largest absolute Gasteiger partial charge is 0.399 e. The van der Waals surface area contributed by atoms with Crippen molar-refractivity contribution in [2.45, 2.75) is 18.9 Å². The first-order chi connectivity index (χ1) is 9.13. The third-order valence-corrected chi connectivity index (χ3v) is 4.31. The number of nitrogen functional groups attached to an aromatic ring is 1. The number of fused-ring (bicyclic) bond motifs is 3. The minimum absolute atomic E-state index is 0.407. The maximum absolute atomic E-state index is 11.5. The van der Waals surface area contributed by atoms with Crippen molar-refractivity contribution in [2.24, 2.45) is 11.7 Å². The number of hydrogen-bond donors (Lipinski definition) is 3. The smallest absolute Gasteiger partial charge is 0.250 e. The van der Waals surface area contributed by atoms with E-state index < -0.39 is 5.91 Å². The summed E-state index contributed by atoms with van der Waals surface area (Å²) in [6.07, 6.45) is 2.47. The lowest BCUT2D eigenvalue weighted by molar-refractivity contribution is 0.0969. The van der Waals surface area contributed by atoms with Gasteiger partial charge in [0.25, 0.3) is 5.91 Å². The summed E-state index contributed by atoms with van der Waals surface area (Å²) in [6, 6.07) is 5.71. The third kappa shape index (κ3) is 2.38. The molecule has 3 aliphatic rings. The van der Waals surface area contributed by atoms with Crippen molar-refractivity contribution in [3.63, 3.8) is 0 Å². The summed E-state index contributed by atoms with van der Waals surface area (Å²) in [7, 11) is 0. The number of benzene rings is 1. The van der Waals surface area contributed by atoms with E-state index in [1.165, 1.54) is 25.9 Å². The van der Waals surface area contributed by atoms with Gasteiger partial charge in [-0.15, -0.1) is 0 Å². The first kappa shape index (κ1) is 12.3. The summed E-state index contributed by atoms with van der Waals surface area (Å²) in [4.78, 5) is 14.0. The summed E-state index contributed by atoms with van der Waals surface area (Å²) in [6.45, 7) is 3.45. The Morgan fingerprint density at radius 3 is 2.63 bits per heavy atom. The highest BCUT2D eigenvalue weighted by Gasteiger charge is 2.34. The molecule has 1 unspecified atom stereocenters. The van der Waals surface area contributed by atoms with Crippen molar-refractivity contribution in [1.29, 1.82) is 0 Å². The maximum Gasteiger partial charge on any atom is 0.250 e. The third-order valence-electron chi connectivity index (χ3n) is 4.31. The van der Waals surface area contributed by atoms with Gasteiger partial charge in [-0.25, -0.2) is 0 Å². The summed E-state index contributed by atoms with van der Waals surface area (Å²) in [5, 5.41) is 3.49. The highest BCUT2D eigenvalue weighted by molar-refractivity contribution is 5.99. The molecule has 1 aromatic rings. The summed E-state index contributed by atoms with van der Waals surface area (Å²) in [5.74, 6) is 0.263. The summed E-state index contributed by atoms with van der Waals surface area (Å²) >= 11 is 0. The molecule has 1 amide bonds. The zero-order valence-electron chi connectivity index (χ0n) is 10.9. The van der Waals surface area contributed by atoms with Gasteiger partial charge in [0, 0.05) is 24.0 Å². The number of piperidine rings is 3. The van der Waals surface area contributed by atoms with E-state index in [2.05, 4.69) is 10.2 Å². The molecule has 4 rings (SSSR count). The Hall–Kier alpha value is -1.75. The van der Waals surface area contributed by atoms with Crippen LogP contribution in [0.4, 0.5) is 11.4 Å². The van der Waals surface area contributed by atoms with Crippen LogP contribution in [0.15, 0.2) is 18.2 Å². The van der Waals surface area contributed by atoms with Gasteiger partial charge in [-0.2, -0.15) is 0 Å². The normalized spacial score (nSPS) is 29.2. The average Bonchev–Trinajstić information content (AvgIpc) is 2.42. The van der Waals surface area contributed by atoms with Crippen LogP contribution in [0, 0.1) is 5.92 Å². The Bertz CT molecular complexity index is 494. The molecule has 0 spiro atoms. The molecule has 0 saturated carbocycles. The first-order valence-electron chi connectivity index (χ1n) is 6.81. The Morgan fingerprint density at radius 2 is 2.05 bits per heavy atom. The van der Waals surface area contributed by atoms with Crippen molar-refractivity contribution in [3.8, 4) is 0 Å². The van der Waals surface area contributed by atoms with E-state index in [0.29, 0.717) is 23.2 Å². The van der Waals surface area contributed by atoms with E-state index in [1.54, 1.807) is 12.1 Å². The van der Waals surface area contributed by atoms with Crippen LogP contribution in [0.5, 0.6) is 0 Å². The Balaban J connectivity index is 1.81. The lowest BCUT2D eigenvalue weighted by atomic mass is 9.84. The van der Waals surface area contributed by atoms with E-state index >= 15 is 0 Å². The molecular formula is C14H20N4O. The lowest BCUT2D eigenvalue weighted by Crippen LogP contribution is -2.53. The molecule has 1 aromatic carbocycles. The van der Waals surface area contributed by atoms with Gasteiger partial charge in [-0.3, -0.25) is 4.79 Å². The van der Waals surface area contributed by atoms with Gasteiger partial charge >= 0.3 is 0 Å². The molecule has 1 atom stereocenters. The van der Waals surface area contributed by atoms with E-state index in [4.69, 9.17) is 11.5 Å². The van der Waals surface area contributed by atoms with E-state index in [9.17, 15) is 4.79 Å². The minimum atomic E-state index is -0.434. The predicted molar refractivity (Wildman–Crippen MR) is 75.9 cm³/mol. The summed E-state index contributed by atoms with van der Waals surface area (Å²) in [5.41, 5.74) is 13.0. The Kier molecular flexibility index (Phi) is 3.06. The molecule has 0 radical (unpaired) electrons. The second-order valence-electron chi connectivity index (χ2n) is 5.56. The van der Waals surface area contributed by atoms with Gasteiger partial charge in [0.1, 0.15) is 0 Å². The van der Waals surface area contributed by atoms with Crippen molar-refractivity contribution >= 4 is 17.3 Å². The zero-order chi connectivity index (χ0) is 13.4. The van der Waals surface area contributed by atoms with Crippen LogP contribution >= 0.6 is 0 Å². The van der Waals surface area contributed by atoms with Gasteiger partial charge in [-0.1, -0.05) is 0 Å². The van der Waals surface area contributed by atoms with Crippen LogP contribution in [-0.2, 0) is 0 Å². The lowest BCUT2D eigenvalue weighted by Gasteiger charge is -2.45. The molecule has 3 fully saturated rings. The fraction of sp³-hybridized carbons (Fsp3) is 0.500. The van der Waals surface area contributed by atoms with Crippen molar-refractivity contribution < 1.29 is 4.79 Å². The predicted octanol–water partition coefficient (Wildman–Crippen LogP) is 0.874. The number of rotatable bonds is 3. The zero-order valence-corrected chi connectivity index (χ0v) is 10.9. The molecule has 5 heteroatoms. The van der Waals surface area contributed by atoms with Gasteiger partial charge in [0.2, 0.25) is 0 Å². The molecule has 2 bridgehead atoms. The van der Waals surface area contributed by atoms with Crippen LogP contribution < -0.4 is 16.8 Å². The van der Waals surface area contributed by atoms with E-state index in [0.717, 1.165) is 12.2 Å². The number of nitrogens with two attached hydrogens (primary N) is 2. The number of nitrogens with zero attached hydrogens (tertiary/aromatic N) is 1. The minimum Gasteiger partial charge on any atom is -0.399 e. The van der Waals surface area contributed by atoms with Crippen molar-refractivity contribution in [3.05, 3.63) is 23.8 Å². The molecule has 5 nitrogen and oxygen atoms in total. The summed E-state index contributed by atoms with van der Waals surface area (Å²) < 4.78 is 0. The molecule has 5 N–H and O–H groups in total. The SMILES string of the molecule is NC(=O)c1cc(N)ccc1NC1CN2CCC1CC2. The van der Waals surface area contributed by atoms with E-state index in [1.807, 2.05) is 6.07 Å². The molecule has 0 aromatic heterocycles. The molecule has 102 valence electrons. The number of primary amides is 1. The van der Waals surface area contributed by atoms with Gasteiger partial charge in [-0.05, 0) is 50.0 Å². The first-order valence-corrected chi connectivity index (χ1v) is 6.81. The highest BCUT2D eigenvalue weighted by Crippen LogP contribution is 2.30. The maximum atomic E-state index is 11.5. The monoisotopic (exact) mass is 260 g/mol. The van der Waals surface area contributed by atoms with E-state index in [-0.39, 0.29) is 0 Å². The molecule has 3 aliphatic heterocycles. The number of carbonyl (C=O) groups excluding carboxylic acids is 1. The Morgan fingerprint density at radius 1 is 1.32 bits per heavy atom. The molecule has 19 heavy (non-hydrogen) atoms. The second-order valence-corrected chi connectivity index (χ2v) is 5.56. The average molecular weight is 260 g/mol. The number of nitrogens with one attached hydrogen (secondary N) is 1. The van der Waals surface area contributed by atoms with Gasteiger partial charge in [0.05, 0.1) is 5.56 Å². The van der Waals surface area contributed by atoms with Crippen LogP contribution in [0.2, 0.25) is 0 Å². The fourth-order valence-electron chi connectivity index (χ4n) is 3.22. The van der Waals surface area contributed by atoms with Crippen molar-refractivity contribution in [2.75, 3.05) is 30.7 Å². The molecular weight excluding hydrogens is 240 g/mol. The van der Waals surface area contributed by atoms with Gasteiger partial charge in [0.15, 0.2) is 0 Å². The fourth-order valence-corrected chi connectivity index (χ4v) is 3.22. The highest BCUT2D eigenvalue weighted by atomic mass is 16.1. The standard InChI is InChI=1S/C14H20N4O/c15-10-1-2-12(11(7-10)14(16)19)17-13-8-18-5-3-9(13)4-6-18/h1-2,7,9,13,17H,3-6,8,15H2,(H2,16,19). The topological polar surface area (TPSA) is 84.4 Å². The van der Waals surface area contributed by atoms with Crippen LogP contribution in [0.3, 0.4) is 0 Å². The number of hydrogen-bond acceptors (Lipinski definition) is 4. The van der Waals surface area contributed by atoms with Crippen LogP contribution in [-0.4, -0.2) is 36.5 Å². The number of amides is 1. The molecule has 3 saturated heterocycles. The molecule has 0 aliphatic carbocycles. The number of anilines is 2. The van der Waals surface area contributed by atoms with Crippen LogP contribution in [0.25, 0.3) is 0 Å². The molecule has 3 heterocycles. The second kappa shape index (κ2) is 4.74. The number of carbonyl (C=O) groups is 1. The van der Waals surface area contributed by atoms with Crippen molar-refractivity contribution in [1.82, 2.24) is 4.90 Å². The van der Waals surface area contributed by atoms with Gasteiger partial charge < -0.3 is 21.7 Å². The quantitative estimate of drug-likeness (QED) is 0.704. The Labute approximate surface area is 112 Å². The van der Waals surface area contributed by atoms with Crippen LogP contribution in [0.1, 0.15) is 23.2 Å².